The molecule has 0 heterocycles. The van der Waals surface area contributed by atoms with Gasteiger partial charge in [-0.15, -0.1) is 0 Å². The molecule has 0 saturated carbocycles. The van der Waals surface area contributed by atoms with Crippen molar-refractivity contribution in [3.8, 4) is 17.2 Å². The largest absolute Gasteiger partial charge is 0.502 e. The Morgan fingerprint density at radius 2 is 1.57 bits per heavy atom. The van der Waals surface area contributed by atoms with Gasteiger partial charge in [0.1, 0.15) is 0 Å². The summed E-state index contributed by atoms with van der Waals surface area (Å²) in [6, 6.07) is 9.82. The van der Waals surface area contributed by atoms with E-state index in [4.69, 9.17) is 9.47 Å². The van der Waals surface area contributed by atoms with Crippen molar-refractivity contribution in [1.29, 1.82) is 0 Å². The molecule has 0 aliphatic carbocycles. The molecule has 7 heteroatoms. The van der Waals surface area contributed by atoms with Crippen molar-refractivity contribution in [2.24, 2.45) is 0 Å². The molecule has 0 unspecified atom stereocenters. The van der Waals surface area contributed by atoms with E-state index < -0.39 is 4.92 Å². The highest BCUT2D eigenvalue weighted by atomic mass is 16.6. The monoisotopic (exact) mass is 318 g/mol. The van der Waals surface area contributed by atoms with E-state index in [0.717, 1.165) is 11.1 Å². The van der Waals surface area contributed by atoms with Crippen LogP contribution < -0.4 is 14.8 Å². The summed E-state index contributed by atoms with van der Waals surface area (Å²) in [5.41, 5.74) is 1.90. The minimum absolute atomic E-state index is 0.0332. The van der Waals surface area contributed by atoms with Gasteiger partial charge in [0.15, 0.2) is 11.5 Å². The van der Waals surface area contributed by atoms with Crippen LogP contribution >= 0.6 is 0 Å². The molecule has 0 saturated heterocycles. The van der Waals surface area contributed by atoms with Crippen LogP contribution in [-0.2, 0) is 13.1 Å². The average molecular weight is 318 g/mol. The SMILES string of the molecule is COc1cc(CNCc2ccc([N+](=O)[O-])cc2)cc(OC)c1O. The first-order valence-corrected chi connectivity index (χ1v) is 6.93. The molecule has 0 fully saturated rings. The van der Waals surface area contributed by atoms with E-state index >= 15 is 0 Å². The molecule has 2 rings (SSSR count). The fourth-order valence-electron chi connectivity index (χ4n) is 2.14. The van der Waals surface area contributed by atoms with Gasteiger partial charge in [-0.05, 0) is 23.3 Å². The summed E-state index contributed by atoms with van der Waals surface area (Å²) in [5, 5.41) is 23.7. The van der Waals surface area contributed by atoms with Gasteiger partial charge in [0, 0.05) is 25.2 Å². The quantitative estimate of drug-likeness (QED) is 0.602. The standard InChI is InChI=1S/C16H18N2O5/c1-22-14-7-12(8-15(23-2)16(14)19)10-17-9-11-3-5-13(6-4-11)18(20)21/h3-8,17,19H,9-10H2,1-2H3. The predicted molar refractivity (Wildman–Crippen MR) is 84.9 cm³/mol. The topological polar surface area (TPSA) is 93.9 Å². The summed E-state index contributed by atoms with van der Waals surface area (Å²) in [5.74, 6) is 0.655. The molecule has 0 atom stereocenters. The zero-order valence-electron chi connectivity index (χ0n) is 12.9. The first-order valence-electron chi connectivity index (χ1n) is 6.93. The van der Waals surface area contributed by atoms with Crippen molar-refractivity contribution in [2.75, 3.05) is 14.2 Å². The molecule has 0 aliphatic heterocycles. The van der Waals surface area contributed by atoms with Crippen molar-refractivity contribution >= 4 is 5.69 Å². The first kappa shape index (κ1) is 16.6. The highest BCUT2D eigenvalue weighted by Gasteiger charge is 2.11. The first-order chi connectivity index (χ1) is 11.0. The number of hydrogen-bond donors (Lipinski definition) is 2. The maximum atomic E-state index is 10.6. The second-order valence-electron chi connectivity index (χ2n) is 4.88. The lowest BCUT2D eigenvalue weighted by molar-refractivity contribution is -0.384. The Balaban J connectivity index is 1.99. The van der Waals surface area contributed by atoms with Gasteiger partial charge < -0.3 is 19.9 Å². The summed E-state index contributed by atoms with van der Waals surface area (Å²) in [4.78, 5) is 10.2. The number of aromatic hydroxyl groups is 1. The van der Waals surface area contributed by atoms with Crippen LogP contribution in [0.15, 0.2) is 36.4 Å². The Kier molecular flexibility index (Phi) is 5.37. The Hall–Kier alpha value is -2.80. The predicted octanol–water partition coefficient (Wildman–Crippen LogP) is 2.61. The molecule has 0 spiro atoms. The van der Waals surface area contributed by atoms with Crippen molar-refractivity contribution in [1.82, 2.24) is 5.32 Å². The fourth-order valence-corrected chi connectivity index (χ4v) is 2.14. The van der Waals surface area contributed by atoms with Crippen LogP contribution in [0.1, 0.15) is 11.1 Å². The van der Waals surface area contributed by atoms with Crippen LogP contribution in [0.4, 0.5) is 5.69 Å². The third-order valence-corrected chi connectivity index (χ3v) is 3.34. The van der Waals surface area contributed by atoms with E-state index in [1.165, 1.54) is 26.4 Å². The number of benzene rings is 2. The number of phenolic OH excluding ortho intramolecular Hbond substituents is 1. The summed E-state index contributed by atoms with van der Waals surface area (Å²) < 4.78 is 10.2. The molecule has 23 heavy (non-hydrogen) atoms. The number of rotatable bonds is 7. The zero-order chi connectivity index (χ0) is 16.8. The molecular weight excluding hydrogens is 300 g/mol. The molecule has 7 nitrogen and oxygen atoms in total. The Bertz CT molecular complexity index is 660. The molecule has 2 N–H and O–H groups in total. The van der Waals surface area contributed by atoms with Crippen molar-refractivity contribution in [3.63, 3.8) is 0 Å². The van der Waals surface area contributed by atoms with E-state index in [2.05, 4.69) is 5.32 Å². The third-order valence-electron chi connectivity index (χ3n) is 3.34. The van der Waals surface area contributed by atoms with Gasteiger partial charge >= 0.3 is 0 Å². The van der Waals surface area contributed by atoms with Crippen LogP contribution in [0.25, 0.3) is 0 Å². The molecule has 0 bridgehead atoms. The molecule has 2 aromatic rings. The van der Waals surface area contributed by atoms with E-state index in [1.54, 1.807) is 24.3 Å². The van der Waals surface area contributed by atoms with Gasteiger partial charge in [-0.25, -0.2) is 0 Å². The van der Waals surface area contributed by atoms with E-state index in [9.17, 15) is 15.2 Å². The maximum absolute atomic E-state index is 10.6. The van der Waals surface area contributed by atoms with E-state index in [0.29, 0.717) is 24.6 Å². The highest BCUT2D eigenvalue weighted by Crippen LogP contribution is 2.37. The van der Waals surface area contributed by atoms with Gasteiger partial charge in [-0.1, -0.05) is 12.1 Å². The van der Waals surface area contributed by atoms with Crippen molar-refractivity contribution < 1.29 is 19.5 Å². The highest BCUT2D eigenvalue weighted by molar-refractivity contribution is 5.52. The second kappa shape index (κ2) is 7.46. The lowest BCUT2D eigenvalue weighted by Gasteiger charge is -2.12. The molecular formula is C16H18N2O5. The molecule has 0 amide bonds. The number of nitrogens with zero attached hydrogens (tertiary/aromatic N) is 1. The van der Waals surface area contributed by atoms with Crippen LogP contribution in [0.2, 0.25) is 0 Å². The fraction of sp³-hybridized carbons (Fsp3) is 0.250. The van der Waals surface area contributed by atoms with Gasteiger partial charge in [0.05, 0.1) is 19.1 Å². The molecule has 122 valence electrons. The summed E-state index contributed by atoms with van der Waals surface area (Å²) in [6.45, 7) is 1.09. The Morgan fingerprint density at radius 3 is 2.04 bits per heavy atom. The second-order valence-corrected chi connectivity index (χ2v) is 4.88. The lowest BCUT2D eigenvalue weighted by atomic mass is 10.1. The van der Waals surface area contributed by atoms with Gasteiger partial charge in [0.25, 0.3) is 5.69 Å². The minimum Gasteiger partial charge on any atom is -0.502 e. The molecule has 0 aromatic heterocycles. The number of nitrogens with one attached hydrogen (secondary N) is 1. The zero-order valence-corrected chi connectivity index (χ0v) is 12.9. The van der Waals surface area contributed by atoms with Gasteiger partial charge in [-0.2, -0.15) is 0 Å². The molecule has 0 radical (unpaired) electrons. The number of ether oxygens (including phenoxy) is 2. The maximum Gasteiger partial charge on any atom is 0.269 e. The smallest absolute Gasteiger partial charge is 0.269 e. The Morgan fingerprint density at radius 1 is 1.04 bits per heavy atom. The summed E-state index contributed by atoms with van der Waals surface area (Å²) >= 11 is 0. The third kappa shape index (κ3) is 4.10. The van der Waals surface area contributed by atoms with Gasteiger partial charge in [-0.3, -0.25) is 10.1 Å². The van der Waals surface area contributed by atoms with Crippen LogP contribution in [-0.4, -0.2) is 24.2 Å². The van der Waals surface area contributed by atoms with E-state index in [1.807, 2.05) is 0 Å². The van der Waals surface area contributed by atoms with Crippen molar-refractivity contribution in [3.05, 3.63) is 57.6 Å². The van der Waals surface area contributed by atoms with Gasteiger partial charge in [0.2, 0.25) is 5.75 Å². The summed E-state index contributed by atoms with van der Waals surface area (Å²) in [7, 11) is 2.95. The Labute approximate surface area is 133 Å². The minimum atomic E-state index is -0.424. The van der Waals surface area contributed by atoms with E-state index in [-0.39, 0.29) is 11.4 Å². The normalized spacial score (nSPS) is 10.3. The number of non-ortho nitro benzene ring substituents is 1. The number of hydrogen-bond acceptors (Lipinski definition) is 6. The van der Waals surface area contributed by atoms with Crippen LogP contribution in [0.5, 0.6) is 17.2 Å². The van der Waals surface area contributed by atoms with Crippen LogP contribution in [0.3, 0.4) is 0 Å². The van der Waals surface area contributed by atoms with Crippen LogP contribution in [0, 0.1) is 10.1 Å². The number of methoxy groups -OCH3 is 2. The molecule has 0 aliphatic rings. The lowest BCUT2D eigenvalue weighted by Crippen LogP contribution is -2.12. The van der Waals surface area contributed by atoms with Crippen molar-refractivity contribution in [2.45, 2.75) is 13.1 Å². The number of nitro groups is 1. The molecule has 2 aromatic carbocycles. The number of nitro benzene ring substituents is 1. The number of phenols is 1. The average Bonchev–Trinajstić information content (AvgIpc) is 2.56. The summed E-state index contributed by atoms with van der Waals surface area (Å²) in [6.07, 6.45) is 0.